The minimum absolute atomic E-state index is 0.0891. The number of fused-ring (bicyclic) bond motifs is 1. The molecule has 0 radical (unpaired) electrons. The average Bonchev–Trinajstić information content (AvgIpc) is 2.44. The molecule has 0 N–H and O–H groups in total. The van der Waals surface area contributed by atoms with Gasteiger partial charge in [-0.2, -0.15) is 0 Å². The van der Waals surface area contributed by atoms with Crippen molar-refractivity contribution >= 4 is 0 Å². The zero-order chi connectivity index (χ0) is 13.9. The molecule has 0 amide bonds. The molecular formula is C18H34O. The lowest BCUT2D eigenvalue weighted by molar-refractivity contribution is -0.0942. The molecule has 2 aliphatic carbocycles. The largest absolute Gasteiger partial charge is 0.375 e. The maximum absolute atomic E-state index is 6.30. The highest BCUT2D eigenvalue weighted by Gasteiger charge is 2.39. The highest BCUT2D eigenvalue weighted by molar-refractivity contribution is 4.90. The fraction of sp³-hybridized carbons (Fsp3) is 1.00. The Morgan fingerprint density at radius 2 is 1.74 bits per heavy atom. The van der Waals surface area contributed by atoms with Crippen molar-refractivity contribution in [1.82, 2.24) is 0 Å². The second-order valence-corrected chi connectivity index (χ2v) is 7.74. The van der Waals surface area contributed by atoms with Crippen LogP contribution >= 0.6 is 0 Å². The molecule has 2 saturated carbocycles. The van der Waals surface area contributed by atoms with Crippen LogP contribution in [0.25, 0.3) is 0 Å². The van der Waals surface area contributed by atoms with Crippen LogP contribution in [0.15, 0.2) is 0 Å². The van der Waals surface area contributed by atoms with Gasteiger partial charge >= 0.3 is 0 Å². The predicted molar refractivity (Wildman–Crippen MR) is 82.3 cm³/mol. The Hall–Kier alpha value is -0.0400. The van der Waals surface area contributed by atoms with E-state index in [1.807, 2.05) is 0 Å². The molecule has 19 heavy (non-hydrogen) atoms. The van der Waals surface area contributed by atoms with E-state index < -0.39 is 0 Å². The molecule has 0 aliphatic heterocycles. The van der Waals surface area contributed by atoms with Gasteiger partial charge in [0.15, 0.2) is 0 Å². The summed E-state index contributed by atoms with van der Waals surface area (Å²) in [6, 6.07) is 0. The summed E-state index contributed by atoms with van der Waals surface area (Å²) in [6.45, 7) is 10.2. The number of ether oxygens (including phenoxy) is 1. The quantitative estimate of drug-likeness (QED) is 0.644. The third-order valence-electron chi connectivity index (χ3n) is 5.96. The van der Waals surface area contributed by atoms with Crippen LogP contribution in [0.2, 0.25) is 0 Å². The molecule has 4 atom stereocenters. The SMILES string of the molecule is CCC(C)COC(C)(C)C1CCC2CCCCC2C1. The summed E-state index contributed by atoms with van der Waals surface area (Å²) in [5.41, 5.74) is 0.0891. The lowest BCUT2D eigenvalue weighted by Gasteiger charge is -2.45. The minimum atomic E-state index is 0.0891. The lowest BCUT2D eigenvalue weighted by Crippen LogP contribution is -2.41. The van der Waals surface area contributed by atoms with Crippen LogP contribution in [0.5, 0.6) is 0 Å². The van der Waals surface area contributed by atoms with Crippen LogP contribution in [0.1, 0.15) is 79.1 Å². The number of rotatable bonds is 5. The summed E-state index contributed by atoms with van der Waals surface area (Å²) >= 11 is 0. The Morgan fingerprint density at radius 1 is 1.05 bits per heavy atom. The summed E-state index contributed by atoms with van der Waals surface area (Å²) in [6.07, 6.45) is 11.5. The zero-order valence-corrected chi connectivity index (χ0v) is 13.6. The first-order valence-corrected chi connectivity index (χ1v) is 8.67. The van der Waals surface area contributed by atoms with Crippen molar-refractivity contribution in [2.75, 3.05) is 6.61 Å². The van der Waals surface area contributed by atoms with E-state index in [2.05, 4.69) is 27.7 Å². The van der Waals surface area contributed by atoms with Crippen LogP contribution in [0, 0.1) is 23.7 Å². The van der Waals surface area contributed by atoms with Crippen molar-refractivity contribution in [3.8, 4) is 0 Å². The Balaban J connectivity index is 1.86. The molecule has 0 saturated heterocycles. The average molecular weight is 266 g/mol. The smallest absolute Gasteiger partial charge is 0.0654 e. The van der Waals surface area contributed by atoms with Crippen LogP contribution in [-0.2, 0) is 4.74 Å². The number of hydrogen-bond acceptors (Lipinski definition) is 1. The predicted octanol–water partition coefficient (Wildman–Crippen LogP) is 5.43. The van der Waals surface area contributed by atoms with Crippen LogP contribution in [0.3, 0.4) is 0 Å². The maximum Gasteiger partial charge on any atom is 0.0654 e. The van der Waals surface area contributed by atoms with Crippen molar-refractivity contribution < 1.29 is 4.74 Å². The van der Waals surface area contributed by atoms with Gasteiger partial charge in [0.05, 0.1) is 5.60 Å². The van der Waals surface area contributed by atoms with E-state index >= 15 is 0 Å². The van der Waals surface area contributed by atoms with Crippen LogP contribution in [0.4, 0.5) is 0 Å². The van der Waals surface area contributed by atoms with Crippen molar-refractivity contribution in [3.05, 3.63) is 0 Å². The Kier molecular flexibility index (Phi) is 5.34. The fourth-order valence-corrected chi connectivity index (χ4v) is 4.10. The van der Waals surface area contributed by atoms with Gasteiger partial charge in [-0.25, -0.2) is 0 Å². The summed E-state index contributed by atoms with van der Waals surface area (Å²) < 4.78 is 6.30. The van der Waals surface area contributed by atoms with Crippen molar-refractivity contribution in [1.29, 1.82) is 0 Å². The van der Waals surface area contributed by atoms with Gasteiger partial charge in [0.2, 0.25) is 0 Å². The first kappa shape index (κ1) is 15.4. The van der Waals surface area contributed by atoms with E-state index in [4.69, 9.17) is 4.74 Å². The summed E-state index contributed by atoms with van der Waals surface area (Å²) in [5.74, 6) is 3.55. The second kappa shape index (κ2) is 6.61. The molecule has 0 spiro atoms. The van der Waals surface area contributed by atoms with Gasteiger partial charge in [-0.3, -0.25) is 0 Å². The van der Waals surface area contributed by atoms with Crippen molar-refractivity contribution in [2.45, 2.75) is 84.7 Å². The van der Waals surface area contributed by atoms with Crippen LogP contribution < -0.4 is 0 Å². The molecule has 1 nitrogen and oxygen atoms in total. The minimum Gasteiger partial charge on any atom is -0.375 e. The topological polar surface area (TPSA) is 9.23 Å². The van der Waals surface area contributed by atoms with E-state index in [1.165, 1.54) is 51.4 Å². The van der Waals surface area contributed by atoms with E-state index in [1.54, 1.807) is 0 Å². The normalized spacial score (nSPS) is 33.8. The van der Waals surface area contributed by atoms with E-state index in [-0.39, 0.29) is 5.60 Å². The molecule has 0 bridgehead atoms. The third-order valence-corrected chi connectivity index (χ3v) is 5.96. The zero-order valence-electron chi connectivity index (χ0n) is 13.6. The Bertz CT molecular complexity index is 271. The third kappa shape index (κ3) is 3.97. The Morgan fingerprint density at radius 3 is 2.42 bits per heavy atom. The van der Waals surface area contributed by atoms with Gasteiger partial charge in [0, 0.05) is 6.61 Å². The van der Waals surface area contributed by atoms with Gasteiger partial charge < -0.3 is 4.74 Å². The van der Waals surface area contributed by atoms with Gasteiger partial charge in [-0.15, -0.1) is 0 Å². The summed E-state index contributed by atoms with van der Waals surface area (Å²) in [7, 11) is 0. The number of hydrogen-bond donors (Lipinski definition) is 0. The molecule has 2 aliphatic rings. The molecule has 0 heterocycles. The lowest BCUT2D eigenvalue weighted by atomic mass is 9.64. The van der Waals surface area contributed by atoms with E-state index in [9.17, 15) is 0 Å². The van der Waals surface area contributed by atoms with Gasteiger partial charge in [0.25, 0.3) is 0 Å². The molecule has 1 heteroatoms. The van der Waals surface area contributed by atoms with Gasteiger partial charge in [-0.05, 0) is 56.8 Å². The van der Waals surface area contributed by atoms with E-state index in [0.717, 1.165) is 24.4 Å². The fourth-order valence-electron chi connectivity index (χ4n) is 4.10. The first-order valence-electron chi connectivity index (χ1n) is 8.67. The highest BCUT2D eigenvalue weighted by Crippen LogP contribution is 2.46. The molecule has 0 aromatic carbocycles. The maximum atomic E-state index is 6.30. The Labute approximate surface area is 120 Å². The molecule has 0 aromatic heterocycles. The molecule has 2 rings (SSSR count). The first-order chi connectivity index (χ1) is 9.03. The standard InChI is InChI=1S/C18H34O/c1-5-14(2)13-19-18(3,4)17-11-10-15-8-6-7-9-16(15)12-17/h14-17H,5-13H2,1-4H3. The molecule has 112 valence electrons. The van der Waals surface area contributed by atoms with Crippen molar-refractivity contribution in [2.24, 2.45) is 23.7 Å². The summed E-state index contributed by atoms with van der Waals surface area (Å²) in [5, 5.41) is 0. The highest BCUT2D eigenvalue weighted by atomic mass is 16.5. The summed E-state index contributed by atoms with van der Waals surface area (Å²) in [4.78, 5) is 0. The van der Waals surface area contributed by atoms with Crippen LogP contribution in [-0.4, -0.2) is 12.2 Å². The van der Waals surface area contributed by atoms with Gasteiger partial charge in [0.1, 0.15) is 0 Å². The monoisotopic (exact) mass is 266 g/mol. The van der Waals surface area contributed by atoms with E-state index in [0.29, 0.717) is 5.92 Å². The molecule has 0 aromatic rings. The van der Waals surface area contributed by atoms with Gasteiger partial charge in [-0.1, -0.05) is 46.0 Å². The van der Waals surface area contributed by atoms with Crippen molar-refractivity contribution in [3.63, 3.8) is 0 Å². The molecule has 4 unspecified atom stereocenters. The molecule has 2 fully saturated rings. The molecular weight excluding hydrogens is 232 g/mol. The second-order valence-electron chi connectivity index (χ2n) is 7.74.